The molecule has 1 atom stereocenters. The number of ether oxygens (including phenoxy) is 1. The summed E-state index contributed by atoms with van der Waals surface area (Å²) in [5, 5.41) is 14.0. The van der Waals surface area contributed by atoms with Crippen molar-refractivity contribution in [1.82, 2.24) is 0 Å². The van der Waals surface area contributed by atoms with Crippen LogP contribution in [0.2, 0.25) is 0 Å². The van der Waals surface area contributed by atoms with Crippen LogP contribution < -0.4 is 10.1 Å². The van der Waals surface area contributed by atoms with Gasteiger partial charge in [-0.1, -0.05) is 42.5 Å². The monoisotopic (exact) mass is 390 g/mol. The quantitative estimate of drug-likeness (QED) is 0.459. The fourth-order valence-corrected chi connectivity index (χ4v) is 3.01. The van der Waals surface area contributed by atoms with E-state index < -0.39 is 11.0 Å². The molecule has 1 amide bonds. The van der Waals surface area contributed by atoms with Gasteiger partial charge in [0, 0.05) is 22.9 Å². The van der Waals surface area contributed by atoms with Crippen LogP contribution in [0.4, 0.5) is 11.4 Å². The van der Waals surface area contributed by atoms with Crippen LogP contribution in [0.25, 0.3) is 0 Å². The van der Waals surface area contributed by atoms with E-state index in [1.165, 1.54) is 12.1 Å². The number of rotatable bonds is 6. The summed E-state index contributed by atoms with van der Waals surface area (Å²) in [5.74, 6) is 0.0685. The van der Waals surface area contributed by atoms with Crippen molar-refractivity contribution >= 4 is 17.3 Å². The molecule has 0 saturated heterocycles. The number of carbonyl (C=O) groups excluding carboxylic acids is 1. The molecular weight excluding hydrogens is 368 g/mol. The zero-order chi connectivity index (χ0) is 21.0. The molecule has 1 unspecified atom stereocenters. The van der Waals surface area contributed by atoms with Crippen molar-refractivity contribution in [2.45, 2.75) is 26.9 Å². The maximum absolute atomic E-state index is 13.1. The van der Waals surface area contributed by atoms with E-state index >= 15 is 0 Å². The van der Waals surface area contributed by atoms with Crippen molar-refractivity contribution in [2.24, 2.45) is 0 Å². The van der Waals surface area contributed by atoms with Crippen molar-refractivity contribution in [2.75, 3.05) is 5.32 Å². The minimum absolute atomic E-state index is 0.00782. The second-order valence-corrected chi connectivity index (χ2v) is 6.92. The molecule has 0 aliphatic rings. The normalized spacial score (nSPS) is 11.6. The summed E-state index contributed by atoms with van der Waals surface area (Å²) in [6.45, 7) is 5.52. The fraction of sp³-hybridized carbons (Fsp3) is 0.174. The number of anilines is 1. The molecule has 29 heavy (non-hydrogen) atoms. The zero-order valence-corrected chi connectivity index (χ0v) is 16.5. The smallest absolute Gasteiger partial charge is 0.272 e. The summed E-state index contributed by atoms with van der Waals surface area (Å²) in [5.41, 5.74) is 3.87. The highest BCUT2D eigenvalue weighted by Crippen LogP contribution is 2.28. The maximum Gasteiger partial charge on any atom is 0.272 e. The molecule has 3 aromatic rings. The van der Waals surface area contributed by atoms with Crippen LogP contribution in [0.15, 0.2) is 66.7 Å². The number of hydrogen-bond acceptors (Lipinski definition) is 4. The molecule has 6 heteroatoms. The molecule has 0 aliphatic carbocycles. The molecule has 3 rings (SSSR count). The lowest BCUT2D eigenvalue weighted by Crippen LogP contribution is -2.26. The minimum Gasteiger partial charge on any atom is -0.476 e. The lowest BCUT2D eigenvalue weighted by atomic mass is 10.1. The molecule has 0 aliphatic heterocycles. The van der Waals surface area contributed by atoms with Crippen molar-refractivity contribution in [3.63, 3.8) is 0 Å². The summed E-state index contributed by atoms with van der Waals surface area (Å²) >= 11 is 0. The molecule has 148 valence electrons. The molecule has 0 fully saturated rings. The van der Waals surface area contributed by atoms with Gasteiger partial charge in [-0.3, -0.25) is 14.9 Å². The van der Waals surface area contributed by atoms with Crippen molar-refractivity contribution in [3.05, 3.63) is 99.1 Å². The van der Waals surface area contributed by atoms with Gasteiger partial charge in [0.25, 0.3) is 11.6 Å². The van der Waals surface area contributed by atoms with Crippen LogP contribution in [0, 0.1) is 30.9 Å². The van der Waals surface area contributed by atoms with Gasteiger partial charge in [0.2, 0.25) is 6.10 Å². The third kappa shape index (κ3) is 4.79. The summed E-state index contributed by atoms with van der Waals surface area (Å²) in [6, 6.07) is 19.4. The van der Waals surface area contributed by atoms with Gasteiger partial charge in [0.15, 0.2) is 0 Å². The highest BCUT2D eigenvalue weighted by molar-refractivity contribution is 5.95. The molecule has 0 spiro atoms. The van der Waals surface area contributed by atoms with Crippen molar-refractivity contribution < 1.29 is 14.5 Å². The van der Waals surface area contributed by atoms with E-state index in [-0.39, 0.29) is 11.6 Å². The first-order valence-electron chi connectivity index (χ1n) is 9.20. The fourth-order valence-electron chi connectivity index (χ4n) is 3.01. The van der Waals surface area contributed by atoms with Gasteiger partial charge in [0.1, 0.15) is 5.75 Å². The van der Waals surface area contributed by atoms with Gasteiger partial charge in [-0.2, -0.15) is 0 Å². The molecule has 0 heterocycles. The van der Waals surface area contributed by atoms with Crippen molar-refractivity contribution in [1.29, 1.82) is 0 Å². The SMILES string of the molecule is Cc1ccc(C)c(NC(=O)C(Oc2ccc([N+](=O)[O-])c(C)c2)c2ccccc2)c1. The highest BCUT2D eigenvalue weighted by atomic mass is 16.6. The number of benzene rings is 3. The first-order valence-corrected chi connectivity index (χ1v) is 9.20. The number of hydrogen-bond donors (Lipinski definition) is 1. The van der Waals surface area contributed by atoms with Gasteiger partial charge >= 0.3 is 0 Å². The molecule has 0 saturated carbocycles. The average molecular weight is 390 g/mol. The number of aryl methyl sites for hydroxylation is 3. The third-order valence-electron chi connectivity index (χ3n) is 4.61. The van der Waals surface area contributed by atoms with Crippen LogP contribution >= 0.6 is 0 Å². The Morgan fingerprint density at radius 3 is 2.34 bits per heavy atom. The topological polar surface area (TPSA) is 81.5 Å². The summed E-state index contributed by atoms with van der Waals surface area (Å²) < 4.78 is 5.99. The Hall–Kier alpha value is -3.67. The first-order chi connectivity index (χ1) is 13.8. The van der Waals surface area contributed by atoms with Crippen LogP contribution in [0.3, 0.4) is 0 Å². The zero-order valence-electron chi connectivity index (χ0n) is 16.5. The summed E-state index contributed by atoms with van der Waals surface area (Å²) in [4.78, 5) is 23.7. The largest absolute Gasteiger partial charge is 0.476 e. The van der Waals surface area contributed by atoms with Crippen LogP contribution in [0.5, 0.6) is 5.75 Å². The Kier molecular flexibility index (Phi) is 5.93. The van der Waals surface area contributed by atoms with Gasteiger partial charge in [0.05, 0.1) is 4.92 Å². The van der Waals surface area contributed by atoms with E-state index in [9.17, 15) is 14.9 Å². The number of nitrogens with one attached hydrogen (secondary N) is 1. The maximum atomic E-state index is 13.1. The molecule has 3 aromatic carbocycles. The van der Waals surface area contributed by atoms with E-state index in [4.69, 9.17) is 4.74 Å². The van der Waals surface area contributed by atoms with E-state index in [1.54, 1.807) is 13.0 Å². The molecule has 1 N–H and O–H groups in total. The second kappa shape index (κ2) is 8.56. The predicted molar refractivity (Wildman–Crippen MR) is 112 cm³/mol. The van der Waals surface area contributed by atoms with E-state index in [0.717, 1.165) is 16.8 Å². The van der Waals surface area contributed by atoms with Crippen molar-refractivity contribution in [3.8, 4) is 5.75 Å². The molecule has 0 radical (unpaired) electrons. The van der Waals surface area contributed by atoms with Gasteiger partial charge in [-0.15, -0.1) is 0 Å². The standard InChI is InChI=1S/C23H22N2O4/c1-15-9-10-16(2)20(13-15)24-23(26)22(18-7-5-4-6-8-18)29-19-11-12-21(25(27)28)17(3)14-19/h4-14,22H,1-3H3,(H,24,26). The van der Waals surface area contributed by atoms with Crippen LogP contribution in [-0.2, 0) is 4.79 Å². The predicted octanol–water partition coefficient (Wildman–Crippen LogP) is 5.28. The number of nitrogens with zero attached hydrogens (tertiary/aromatic N) is 1. The van der Waals surface area contributed by atoms with Crippen LogP contribution in [-0.4, -0.2) is 10.8 Å². The van der Waals surface area contributed by atoms with Gasteiger partial charge in [-0.05, 0) is 50.1 Å². The number of nitro groups is 1. The van der Waals surface area contributed by atoms with E-state index in [2.05, 4.69) is 5.32 Å². The Morgan fingerprint density at radius 1 is 0.966 bits per heavy atom. The Balaban J connectivity index is 1.91. The molecular formula is C23H22N2O4. The minimum atomic E-state index is -0.906. The molecule has 6 nitrogen and oxygen atoms in total. The lowest BCUT2D eigenvalue weighted by Gasteiger charge is -2.20. The number of amides is 1. The molecule has 0 bridgehead atoms. The Morgan fingerprint density at radius 2 is 1.69 bits per heavy atom. The number of carbonyl (C=O) groups is 1. The van der Waals surface area contributed by atoms with E-state index in [0.29, 0.717) is 16.9 Å². The van der Waals surface area contributed by atoms with Gasteiger partial charge < -0.3 is 10.1 Å². The summed E-state index contributed by atoms with van der Waals surface area (Å²) in [6.07, 6.45) is -0.906. The summed E-state index contributed by atoms with van der Waals surface area (Å²) in [7, 11) is 0. The van der Waals surface area contributed by atoms with E-state index in [1.807, 2.05) is 62.4 Å². The Labute approximate surface area is 169 Å². The van der Waals surface area contributed by atoms with Crippen LogP contribution in [0.1, 0.15) is 28.4 Å². The molecule has 0 aromatic heterocycles. The lowest BCUT2D eigenvalue weighted by molar-refractivity contribution is -0.385. The van der Waals surface area contributed by atoms with Gasteiger partial charge in [-0.25, -0.2) is 0 Å². The average Bonchev–Trinajstić information content (AvgIpc) is 2.69. The second-order valence-electron chi connectivity index (χ2n) is 6.92. The first kappa shape index (κ1) is 20.1. The number of nitro benzene ring substituents is 1. The Bertz CT molecular complexity index is 1050. The third-order valence-corrected chi connectivity index (χ3v) is 4.61. The highest BCUT2D eigenvalue weighted by Gasteiger charge is 2.24.